The molecule has 15 heavy (non-hydrogen) atoms. The van der Waals surface area contributed by atoms with Gasteiger partial charge in [-0.2, -0.15) is 12.6 Å². The van der Waals surface area contributed by atoms with Gasteiger partial charge in [0.05, 0.1) is 0 Å². The lowest BCUT2D eigenvalue weighted by molar-refractivity contribution is 0.294. The Balaban J connectivity index is 2.48. The lowest BCUT2D eigenvalue weighted by atomic mass is 9.83. The minimum atomic E-state index is 0.314. The molecule has 1 atom stereocenters. The van der Waals surface area contributed by atoms with E-state index in [9.17, 15) is 0 Å². The topological polar surface area (TPSA) is 25.8 Å². The number of hydrogen-bond donors (Lipinski definition) is 1. The Morgan fingerprint density at radius 2 is 2.07 bits per heavy atom. The zero-order valence-corrected chi connectivity index (χ0v) is 12.2. The summed E-state index contributed by atoms with van der Waals surface area (Å²) in [5, 5.41) is 9.16. The molecule has 0 bridgehead atoms. The van der Waals surface area contributed by atoms with Crippen LogP contribution in [0, 0.1) is 18.3 Å². The average molecular weight is 262 g/mol. The molecule has 2 nitrogen and oxygen atoms in total. The molecule has 0 fully saturated rings. The van der Waals surface area contributed by atoms with Gasteiger partial charge in [0.2, 0.25) is 0 Å². The molecule has 1 aromatic heterocycles. The third-order valence-corrected chi connectivity index (χ3v) is 4.94. The smallest absolute Gasteiger partial charge is 0.174 e. The quantitative estimate of drug-likeness (QED) is 0.664. The Bertz CT molecular complexity index is 304. The summed E-state index contributed by atoms with van der Waals surface area (Å²) in [6.45, 7) is 8.78. The van der Waals surface area contributed by atoms with Crippen molar-refractivity contribution in [3.63, 3.8) is 0 Å². The first-order valence-corrected chi connectivity index (χ1v) is 7.40. The van der Waals surface area contributed by atoms with Crippen LogP contribution in [0.2, 0.25) is 0 Å². The molecule has 0 radical (unpaired) electrons. The molecule has 86 valence electrons. The maximum Gasteiger partial charge on any atom is 0.174 e. The largest absolute Gasteiger partial charge is 0.179 e. The maximum absolute atomic E-state index is 4.41. The fourth-order valence-corrected chi connectivity index (χ4v) is 4.21. The van der Waals surface area contributed by atoms with E-state index in [1.807, 2.05) is 6.92 Å². The van der Waals surface area contributed by atoms with Crippen LogP contribution in [-0.4, -0.2) is 21.7 Å². The van der Waals surface area contributed by atoms with Gasteiger partial charge in [0.25, 0.3) is 0 Å². The molecular formula is C10H18N2S3. The second kappa shape index (κ2) is 5.55. The summed E-state index contributed by atoms with van der Waals surface area (Å²) in [6.07, 6.45) is 0. The minimum absolute atomic E-state index is 0.314. The predicted octanol–water partition coefficient (Wildman–Crippen LogP) is 3.53. The van der Waals surface area contributed by atoms with Crippen molar-refractivity contribution in [2.75, 3.05) is 11.5 Å². The standard InChI is InChI=1S/C10H18N2S3/c1-7-11-12-9(15-7)14-6-8(5-13)10(2,3)4/h8,13H,5-6H2,1-4H3. The van der Waals surface area contributed by atoms with Gasteiger partial charge in [-0.15, -0.1) is 10.2 Å². The van der Waals surface area contributed by atoms with Gasteiger partial charge in [0, 0.05) is 5.75 Å². The summed E-state index contributed by atoms with van der Waals surface area (Å²) < 4.78 is 1.07. The third-order valence-electron chi connectivity index (χ3n) is 2.36. The summed E-state index contributed by atoms with van der Waals surface area (Å²) in [5.41, 5.74) is 0.314. The lowest BCUT2D eigenvalue weighted by Crippen LogP contribution is -2.24. The number of aromatic nitrogens is 2. The van der Waals surface area contributed by atoms with Crippen molar-refractivity contribution < 1.29 is 0 Å². The van der Waals surface area contributed by atoms with Crippen molar-refractivity contribution >= 4 is 35.7 Å². The van der Waals surface area contributed by atoms with E-state index in [0.717, 1.165) is 20.9 Å². The van der Waals surface area contributed by atoms with Crippen LogP contribution in [0.4, 0.5) is 0 Å². The zero-order valence-electron chi connectivity index (χ0n) is 9.65. The van der Waals surface area contributed by atoms with Gasteiger partial charge < -0.3 is 0 Å². The monoisotopic (exact) mass is 262 g/mol. The molecule has 0 saturated carbocycles. The van der Waals surface area contributed by atoms with Crippen molar-refractivity contribution in [1.82, 2.24) is 10.2 Å². The molecule has 0 amide bonds. The number of aryl methyl sites for hydroxylation is 1. The molecule has 0 aliphatic heterocycles. The van der Waals surface area contributed by atoms with Gasteiger partial charge in [0.15, 0.2) is 4.34 Å². The van der Waals surface area contributed by atoms with Gasteiger partial charge >= 0.3 is 0 Å². The van der Waals surface area contributed by atoms with Crippen molar-refractivity contribution in [3.8, 4) is 0 Å². The van der Waals surface area contributed by atoms with Gasteiger partial charge in [-0.05, 0) is 24.0 Å². The van der Waals surface area contributed by atoms with Crippen LogP contribution < -0.4 is 0 Å². The molecule has 0 saturated heterocycles. The van der Waals surface area contributed by atoms with Gasteiger partial charge in [0.1, 0.15) is 5.01 Å². The molecule has 0 aliphatic rings. The van der Waals surface area contributed by atoms with Crippen LogP contribution in [0.25, 0.3) is 0 Å². The fraction of sp³-hybridized carbons (Fsp3) is 0.800. The minimum Gasteiger partial charge on any atom is -0.179 e. The van der Waals surface area contributed by atoms with E-state index in [1.165, 1.54) is 0 Å². The van der Waals surface area contributed by atoms with Crippen molar-refractivity contribution in [3.05, 3.63) is 5.01 Å². The number of rotatable bonds is 4. The van der Waals surface area contributed by atoms with Crippen LogP contribution in [-0.2, 0) is 0 Å². The van der Waals surface area contributed by atoms with E-state index in [0.29, 0.717) is 11.3 Å². The fourth-order valence-electron chi connectivity index (χ4n) is 1.09. The van der Waals surface area contributed by atoms with Crippen LogP contribution in [0.5, 0.6) is 0 Å². The highest BCUT2D eigenvalue weighted by molar-refractivity contribution is 8.01. The van der Waals surface area contributed by atoms with Gasteiger partial charge in [-0.1, -0.05) is 43.9 Å². The molecule has 0 aromatic carbocycles. The number of thiol groups is 1. The lowest BCUT2D eigenvalue weighted by Gasteiger charge is -2.28. The van der Waals surface area contributed by atoms with Crippen molar-refractivity contribution in [1.29, 1.82) is 0 Å². The second-order valence-electron chi connectivity index (χ2n) is 4.64. The van der Waals surface area contributed by atoms with Crippen molar-refractivity contribution in [2.45, 2.75) is 32.0 Å². The first-order chi connectivity index (χ1) is 6.93. The van der Waals surface area contributed by atoms with E-state index in [2.05, 4.69) is 43.6 Å². The average Bonchev–Trinajstić information content (AvgIpc) is 2.50. The summed E-state index contributed by atoms with van der Waals surface area (Å²) in [4.78, 5) is 0. The van der Waals surface area contributed by atoms with E-state index >= 15 is 0 Å². The molecule has 0 N–H and O–H groups in total. The predicted molar refractivity (Wildman–Crippen MR) is 72.2 cm³/mol. The Kier molecular flexibility index (Phi) is 4.93. The van der Waals surface area contributed by atoms with Crippen molar-refractivity contribution in [2.24, 2.45) is 11.3 Å². The number of thioether (sulfide) groups is 1. The maximum atomic E-state index is 4.41. The first-order valence-electron chi connectivity index (χ1n) is 4.97. The molecule has 1 aromatic rings. The Morgan fingerprint density at radius 3 is 2.47 bits per heavy atom. The summed E-state index contributed by atoms with van der Waals surface area (Å²) in [5.74, 6) is 2.60. The first kappa shape index (κ1) is 13.3. The van der Waals surface area contributed by atoms with Gasteiger partial charge in [-0.25, -0.2) is 0 Å². The highest BCUT2D eigenvalue weighted by Gasteiger charge is 2.23. The molecule has 0 spiro atoms. The zero-order chi connectivity index (χ0) is 11.5. The molecular weight excluding hydrogens is 244 g/mol. The third kappa shape index (κ3) is 4.33. The second-order valence-corrected chi connectivity index (χ2v) is 7.46. The summed E-state index contributed by atoms with van der Waals surface area (Å²) >= 11 is 7.88. The number of nitrogens with zero attached hydrogens (tertiary/aromatic N) is 2. The number of hydrogen-bond acceptors (Lipinski definition) is 5. The Labute approximate surface area is 106 Å². The molecule has 5 heteroatoms. The summed E-state index contributed by atoms with van der Waals surface area (Å²) in [6, 6.07) is 0. The Morgan fingerprint density at radius 1 is 1.40 bits per heavy atom. The molecule has 1 rings (SSSR count). The van der Waals surface area contributed by atoms with E-state index < -0.39 is 0 Å². The molecule has 1 unspecified atom stereocenters. The van der Waals surface area contributed by atoms with Gasteiger partial charge in [-0.3, -0.25) is 0 Å². The van der Waals surface area contributed by atoms with Crippen LogP contribution in [0.15, 0.2) is 4.34 Å². The van der Waals surface area contributed by atoms with Crippen LogP contribution in [0.3, 0.4) is 0 Å². The van der Waals surface area contributed by atoms with Crippen LogP contribution >= 0.6 is 35.7 Å². The highest BCUT2D eigenvalue weighted by Crippen LogP contribution is 2.33. The normalized spacial score (nSPS) is 14.2. The van der Waals surface area contributed by atoms with E-state index in [1.54, 1.807) is 23.1 Å². The summed E-state index contributed by atoms with van der Waals surface area (Å²) in [7, 11) is 0. The Hall–Kier alpha value is 0.260. The van der Waals surface area contributed by atoms with E-state index in [4.69, 9.17) is 0 Å². The molecule has 1 heterocycles. The van der Waals surface area contributed by atoms with Crippen LogP contribution in [0.1, 0.15) is 25.8 Å². The molecule has 0 aliphatic carbocycles. The SMILES string of the molecule is Cc1nnc(SCC(CS)C(C)(C)C)s1. The van der Waals surface area contributed by atoms with E-state index in [-0.39, 0.29) is 0 Å². The highest BCUT2D eigenvalue weighted by atomic mass is 32.2.